The molecule has 2 heterocycles. The van der Waals surface area contributed by atoms with E-state index in [1.807, 2.05) is 42.6 Å². The molecular weight excluding hydrogens is 365 g/mol. The van der Waals surface area contributed by atoms with Crippen molar-refractivity contribution in [3.8, 4) is 0 Å². The van der Waals surface area contributed by atoms with Crippen molar-refractivity contribution in [2.45, 2.75) is 51.1 Å². The predicted molar refractivity (Wildman–Crippen MR) is 111 cm³/mol. The molecular formula is C24H26FN3O. The molecule has 0 bridgehead atoms. The average Bonchev–Trinajstić information content (AvgIpc) is 3.16. The number of benzene rings is 2. The van der Waals surface area contributed by atoms with E-state index < -0.39 is 0 Å². The van der Waals surface area contributed by atoms with E-state index in [9.17, 15) is 9.18 Å². The van der Waals surface area contributed by atoms with Gasteiger partial charge in [-0.1, -0.05) is 42.5 Å². The zero-order valence-electron chi connectivity index (χ0n) is 16.6. The minimum absolute atomic E-state index is 0.0536. The number of aromatic nitrogens is 2. The topological polar surface area (TPSA) is 46.9 Å². The first kappa shape index (κ1) is 19.4. The maximum atomic E-state index is 14.0. The number of hydrogen-bond acceptors (Lipinski definition) is 2. The fraction of sp³-hybridized carbons (Fsp3) is 0.333. The lowest BCUT2D eigenvalue weighted by molar-refractivity contribution is -0.121. The average molecular weight is 391 g/mol. The van der Waals surface area contributed by atoms with Crippen LogP contribution in [0.5, 0.6) is 0 Å². The molecule has 150 valence electrons. The summed E-state index contributed by atoms with van der Waals surface area (Å²) >= 11 is 0. The Morgan fingerprint density at radius 2 is 2.07 bits per heavy atom. The summed E-state index contributed by atoms with van der Waals surface area (Å²) in [6.45, 7) is 2.67. The number of rotatable bonds is 6. The smallest absolute Gasteiger partial charge is 0.221 e. The van der Waals surface area contributed by atoms with Crippen molar-refractivity contribution in [1.29, 1.82) is 0 Å². The molecule has 0 spiro atoms. The molecule has 4 rings (SSSR count). The molecule has 0 fully saturated rings. The van der Waals surface area contributed by atoms with Gasteiger partial charge in [-0.05, 0) is 43.0 Å². The van der Waals surface area contributed by atoms with Gasteiger partial charge in [-0.25, -0.2) is 9.37 Å². The van der Waals surface area contributed by atoms with Gasteiger partial charge in [0.1, 0.15) is 11.6 Å². The molecule has 0 saturated carbocycles. The predicted octanol–water partition coefficient (Wildman–Crippen LogP) is 4.76. The Hall–Kier alpha value is -2.95. The lowest BCUT2D eigenvalue weighted by Crippen LogP contribution is -2.26. The summed E-state index contributed by atoms with van der Waals surface area (Å²) in [5.74, 6) is 0.485. The number of halogens is 1. The number of amides is 1. The molecule has 2 atom stereocenters. The van der Waals surface area contributed by atoms with E-state index in [1.54, 1.807) is 6.07 Å². The van der Waals surface area contributed by atoms with Crippen LogP contribution in [0.15, 0.2) is 60.8 Å². The third kappa shape index (κ3) is 4.39. The van der Waals surface area contributed by atoms with Crippen LogP contribution in [-0.4, -0.2) is 15.5 Å². The maximum Gasteiger partial charge on any atom is 0.221 e. The van der Waals surface area contributed by atoms with Crippen LogP contribution in [0.3, 0.4) is 0 Å². The molecule has 0 aliphatic carbocycles. The van der Waals surface area contributed by atoms with E-state index in [0.29, 0.717) is 12.6 Å². The largest absolute Gasteiger partial charge is 0.352 e. The number of nitrogens with one attached hydrogen (secondary N) is 1. The van der Waals surface area contributed by atoms with Crippen molar-refractivity contribution in [2.24, 2.45) is 0 Å². The van der Waals surface area contributed by atoms with Gasteiger partial charge in [0, 0.05) is 43.2 Å². The quantitative estimate of drug-likeness (QED) is 0.659. The summed E-state index contributed by atoms with van der Waals surface area (Å²) < 4.78 is 16.2. The second kappa shape index (κ2) is 8.60. The van der Waals surface area contributed by atoms with Crippen molar-refractivity contribution in [2.75, 3.05) is 0 Å². The van der Waals surface area contributed by atoms with Crippen LogP contribution in [0.1, 0.15) is 60.8 Å². The first-order valence-corrected chi connectivity index (χ1v) is 10.2. The zero-order chi connectivity index (χ0) is 20.2. The van der Waals surface area contributed by atoms with Crippen molar-refractivity contribution in [1.82, 2.24) is 14.9 Å². The van der Waals surface area contributed by atoms with Crippen LogP contribution in [0.4, 0.5) is 4.39 Å². The minimum Gasteiger partial charge on any atom is -0.352 e. The van der Waals surface area contributed by atoms with Gasteiger partial charge in [0.15, 0.2) is 0 Å². The summed E-state index contributed by atoms with van der Waals surface area (Å²) in [5, 5.41) is 3.00. The Balaban J connectivity index is 1.60. The Kier molecular flexibility index (Phi) is 5.74. The molecule has 1 aliphatic heterocycles. The van der Waals surface area contributed by atoms with E-state index in [1.165, 1.54) is 12.1 Å². The van der Waals surface area contributed by atoms with Gasteiger partial charge in [0.25, 0.3) is 0 Å². The van der Waals surface area contributed by atoms with E-state index in [2.05, 4.69) is 21.8 Å². The molecule has 3 aromatic rings. The molecule has 0 radical (unpaired) electrons. The number of imidazole rings is 1. The van der Waals surface area contributed by atoms with E-state index >= 15 is 0 Å². The van der Waals surface area contributed by atoms with Crippen LogP contribution in [-0.2, 0) is 17.8 Å². The zero-order valence-corrected chi connectivity index (χ0v) is 16.6. The van der Waals surface area contributed by atoms with Crippen LogP contribution in [0, 0.1) is 5.82 Å². The van der Waals surface area contributed by atoms with Gasteiger partial charge in [-0.15, -0.1) is 0 Å². The standard InChI is InChI=1S/C24H26FN3O/c1-17-7-5-12-23-26-16-22(28(17)23)21(19-10-6-11-20(25)13-19)14-24(29)27-15-18-8-3-2-4-9-18/h2-4,6,8-11,13,16-17,21H,5,7,12,14-15H2,1H3,(H,27,29)/t17-,21+/m1/s1. The van der Waals surface area contributed by atoms with E-state index in [0.717, 1.165) is 41.9 Å². The Morgan fingerprint density at radius 1 is 1.24 bits per heavy atom. The van der Waals surface area contributed by atoms with Crippen molar-refractivity contribution < 1.29 is 9.18 Å². The van der Waals surface area contributed by atoms with Gasteiger partial charge in [0.05, 0.1) is 0 Å². The number of fused-ring (bicyclic) bond motifs is 1. The first-order valence-electron chi connectivity index (χ1n) is 10.2. The lowest BCUT2D eigenvalue weighted by atomic mass is 9.91. The number of carbonyl (C=O) groups is 1. The van der Waals surface area contributed by atoms with Crippen LogP contribution < -0.4 is 5.32 Å². The molecule has 1 aliphatic rings. The minimum atomic E-state index is -0.288. The fourth-order valence-electron chi connectivity index (χ4n) is 4.22. The number of nitrogens with zero attached hydrogens (tertiary/aromatic N) is 2. The summed E-state index contributed by atoms with van der Waals surface area (Å²) in [6, 6.07) is 16.7. The Bertz CT molecular complexity index is 983. The maximum absolute atomic E-state index is 14.0. The van der Waals surface area contributed by atoms with Crippen LogP contribution in [0.25, 0.3) is 0 Å². The van der Waals surface area contributed by atoms with E-state index in [4.69, 9.17) is 0 Å². The summed E-state index contributed by atoms with van der Waals surface area (Å²) in [5.41, 5.74) is 2.85. The third-order valence-electron chi connectivity index (χ3n) is 5.70. The van der Waals surface area contributed by atoms with Gasteiger partial charge in [-0.2, -0.15) is 0 Å². The molecule has 4 nitrogen and oxygen atoms in total. The molecule has 0 unspecified atom stereocenters. The molecule has 5 heteroatoms. The highest BCUT2D eigenvalue weighted by molar-refractivity contribution is 5.77. The van der Waals surface area contributed by atoms with Gasteiger partial charge >= 0.3 is 0 Å². The normalized spacial score (nSPS) is 16.8. The second-order valence-electron chi connectivity index (χ2n) is 7.78. The number of carbonyl (C=O) groups excluding carboxylic acids is 1. The number of hydrogen-bond donors (Lipinski definition) is 1. The molecule has 1 aromatic heterocycles. The molecule has 2 aromatic carbocycles. The molecule has 29 heavy (non-hydrogen) atoms. The highest BCUT2D eigenvalue weighted by Gasteiger charge is 2.27. The monoisotopic (exact) mass is 391 g/mol. The Labute approximate surface area is 170 Å². The Morgan fingerprint density at radius 3 is 2.86 bits per heavy atom. The summed E-state index contributed by atoms with van der Waals surface area (Å²) in [4.78, 5) is 17.4. The second-order valence-corrected chi connectivity index (χ2v) is 7.78. The summed E-state index contributed by atoms with van der Waals surface area (Å²) in [6.07, 6.45) is 5.29. The highest BCUT2D eigenvalue weighted by atomic mass is 19.1. The van der Waals surface area contributed by atoms with Crippen molar-refractivity contribution in [3.05, 3.63) is 89.3 Å². The summed E-state index contributed by atoms with van der Waals surface area (Å²) in [7, 11) is 0. The SMILES string of the molecule is C[C@@H]1CCCc2ncc([C@@H](CC(=O)NCc3ccccc3)c3cccc(F)c3)n21. The van der Waals surface area contributed by atoms with Gasteiger partial charge < -0.3 is 9.88 Å². The first-order chi connectivity index (χ1) is 14.1. The number of aryl methyl sites for hydroxylation is 1. The molecule has 1 amide bonds. The lowest BCUT2D eigenvalue weighted by Gasteiger charge is -2.27. The van der Waals surface area contributed by atoms with Crippen LogP contribution in [0.2, 0.25) is 0 Å². The van der Waals surface area contributed by atoms with E-state index in [-0.39, 0.29) is 24.1 Å². The fourth-order valence-corrected chi connectivity index (χ4v) is 4.22. The third-order valence-corrected chi connectivity index (χ3v) is 5.70. The van der Waals surface area contributed by atoms with Crippen molar-refractivity contribution >= 4 is 5.91 Å². The highest BCUT2D eigenvalue weighted by Crippen LogP contribution is 2.34. The van der Waals surface area contributed by atoms with Gasteiger partial charge in [-0.3, -0.25) is 4.79 Å². The van der Waals surface area contributed by atoms with Crippen LogP contribution >= 0.6 is 0 Å². The molecule has 0 saturated heterocycles. The molecule has 1 N–H and O–H groups in total. The van der Waals surface area contributed by atoms with Gasteiger partial charge in [0.2, 0.25) is 5.91 Å². The van der Waals surface area contributed by atoms with Crippen molar-refractivity contribution in [3.63, 3.8) is 0 Å².